The number of hydrogen-bond acceptors (Lipinski definition) is 5. The van der Waals surface area contributed by atoms with Crippen molar-refractivity contribution in [3.63, 3.8) is 0 Å². The van der Waals surface area contributed by atoms with E-state index in [0.29, 0.717) is 36.3 Å². The highest BCUT2D eigenvalue weighted by Crippen LogP contribution is 2.27. The minimum Gasteiger partial charge on any atom is -0.396 e. The summed E-state index contributed by atoms with van der Waals surface area (Å²) >= 11 is 0. The Balaban J connectivity index is 1.42. The molecule has 0 fully saturated rings. The third-order valence-corrected chi connectivity index (χ3v) is 4.54. The number of fused-ring (bicyclic) bond motifs is 2. The molecule has 2 amide bonds. The molecule has 1 aromatic heterocycles. The van der Waals surface area contributed by atoms with Crippen LogP contribution in [0.25, 0.3) is 10.9 Å². The number of hydrogen-bond donors (Lipinski definition) is 2. The van der Waals surface area contributed by atoms with Crippen LogP contribution in [-0.4, -0.2) is 34.8 Å². The lowest BCUT2D eigenvalue weighted by molar-refractivity contribution is 0.0654. The highest BCUT2D eigenvalue weighted by molar-refractivity contribution is 6.21. The average Bonchev–Trinajstić information content (AvgIpc) is 2.91. The first-order valence-corrected chi connectivity index (χ1v) is 8.49. The first-order valence-electron chi connectivity index (χ1n) is 8.49. The smallest absolute Gasteiger partial charge is 0.261 e. The zero-order chi connectivity index (χ0) is 18.1. The van der Waals surface area contributed by atoms with Gasteiger partial charge < -0.3 is 11.1 Å². The summed E-state index contributed by atoms with van der Waals surface area (Å²) in [4.78, 5) is 30.3. The summed E-state index contributed by atoms with van der Waals surface area (Å²) in [6, 6.07) is 14.7. The van der Waals surface area contributed by atoms with Crippen molar-refractivity contribution in [3.8, 4) is 0 Å². The Morgan fingerprint density at radius 1 is 0.962 bits per heavy atom. The van der Waals surface area contributed by atoms with Crippen LogP contribution in [0.1, 0.15) is 27.1 Å². The van der Waals surface area contributed by atoms with E-state index in [9.17, 15) is 9.59 Å². The summed E-state index contributed by atoms with van der Waals surface area (Å²) in [6.45, 7) is 0.952. The van der Waals surface area contributed by atoms with Gasteiger partial charge in [0.05, 0.1) is 34.2 Å². The second kappa shape index (κ2) is 6.48. The fourth-order valence-corrected chi connectivity index (χ4v) is 3.25. The molecule has 2 aromatic carbocycles. The third kappa shape index (κ3) is 2.65. The first-order chi connectivity index (χ1) is 12.7. The molecule has 0 spiro atoms. The van der Waals surface area contributed by atoms with Crippen LogP contribution < -0.4 is 11.1 Å². The number of aromatic nitrogens is 1. The van der Waals surface area contributed by atoms with Crippen molar-refractivity contribution in [2.45, 2.75) is 6.42 Å². The molecule has 0 saturated heterocycles. The summed E-state index contributed by atoms with van der Waals surface area (Å²) in [7, 11) is 0. The van der Waals surface area contributed by atoms with Gasteiger partial charge in [0.2, 0.25) is 0 Å². The molecular weight excluding hydrogens is 328 g/mol. The molecule has 0 bridgehead atoms. The predicted molar refractivity (Wildman–Crippen MR) is 101 cm³/mol. The van der Waals surface area contributed by atoms with Gasteiger partial charge in [-0.15, -0.1) is 0 Å². The molecule has 2 heterocycles. The van der Waals surface area contributed by atoms with Crippen LogP contribution in [-0.2, 0) is 0 Å². The summed E-state index contributed by atoms with van der Waals surface area (Å²) in [6.07, 6.45) is 2.26. The number of anilines is 2. The number of nitrogens with two attached hydrogens (primary N) is 1. The lowest BCUT2D eigenvalue weighted by Crippen LogP contribution is -2.31. The van der Waals surface area contributed by atoms with Crippen LogP contribution in [0, 0.1) is 0 Å². The fourth-order valence-electron chi connectivity index (χ4n) is 3.25. The predicted octanol–water partition coefficient (Wildman–Crippen LogP) is 2.92. The molecule has 6 heteroatoms. The number of carbonyl (C=O) groups excluding carboxylic acids is 2. The number of nitrogen functional groups attached to an aromatic ring is 1. The topological polar surface area (TPSA) is 88.3 Å². The van der Waals surface area contributed by atoms with E-state index in [2.05, 4.69) is 10.3 Å². The fraction of sp³-hybridized carbons (Fsp3) is 0.150. The quantitative estimate of drug-likeness (QED) is 0.548. The van der Waals surface area contributed by atoms with Crippen LogP contribution in [0.2, 0.25) is 0 Å². The lowest BCUT2D eigenvalue weighted by Gasteiger charge is -2.15. The van der Waals surface area contributed by atoms with Crippen molar-refractivity contribution >= 4 is 34.1 Å². The molecule has 4 rings (SSSR count). The van der Waals surface area contributed by atoms with Gasteiger partial charge in [0.15, 0.2) is 0 Å². The first kappa shape index (κ1) is 16.1. The van der Waals surface area contributed by atoms with E-state index in [1.165, 1.54) is 4.90 Å². The minimum atomic E-state index is -0.223. The Labute approximate surface area is 150 Å². The Morgan fingerprint density at radius 3 is 2.35 bits per heavy atom. The highest BCUT2D eigenvalue weighted by atomic mass is 16.2. The largest absolute Gasteiger partial charge is 0.396 e. The maximum absolute atomic E-state index is 12.4. The van der Waals surface area contributed by atoms with Crippen LogP contribution in [0.4, 0.5) is 11.4 Å². The van der Waals surface area contributed by atoms with Crippen molar-refractivity contribution in [3.05, 3.63) is 65.9 Å². The second-order valence-electron chi connectivity index (χ2n) is 6.19. The number of carbonyl (C=O) groups is 2. The Hall–Kier alpha value is -3.41. The second-order valence-corrected chi connectivity index (χ2v) is 6.19. The number of amides is 2. The molecule has 0 atom stereocenters. The number of benzene rings is 2. The summed E-state index contributed by atoms with van der Waals surface area (Å²) in [5.41, 5.74) is 9.28. The number of rotatable bonds is 5. The molecular formula is C20H18N4O2. The van der Waals surface area contributed by atoms with Crippen molar-refractivity contribution in [1.82, 2.24) is 9.88 Å². The summed E-state index contributed by atoms with van der Waals surface area (Å²) in [5.74, 6) is -0.445. The van der Waals surface area contributed by atoms with Crippen molar-refractivity contribution in [2.75, 3.05) is 24.1 Å². The zero-order valence-corrected chi connectivity index (χ0v) is 14.1. The van der Waals surface area contributed by atoms with E-state index >= 15 is 0 Å². The van der Waals surface area contributed by atoms with Gasteiger partial charge in [-0.1, -0.05) is 30.3 Å². The van der Waals surface area contributed by atoms with Crippen LogP contribution in [0.5, 0.6) is 0 Å². The van der Waals surface area contributed by atoms with Gasteiger partial charge in [0.1, 0.15) is 0 Å². The van der Waals surface area contributed by atoms with Crippen LogP contribution in [0.3, 0.4) is 0 Å². The van der Waals surface area contributed by atoms with Gasteiger partial charge in [-0.3, -0.25) is 19.5 Å². The van der Waals surface area contributed by atoms with Crippen LogP contribution in [0.15, 0.2) is 54.7 Å². The number of imide groups is 1. The van der Waals surface area contributed by atoms with Gasteiger partial charge in [-0.2, -0.15) is 0 Å². The van der Waals surface area contributed by atoms with Gasteiger partial charge in [0, 0.05) is 18.5 Å². The van der Waals surface area contributed by atoms with E-state index in [4.69, 9.17) is 5.73 Å². The molecule has 3 aromatic rings. The Morgan fingerprint density at radius 2 is 1.62 bits per heavy atom. The lowest BCUT2D eigenvalue weighted by atomic mass is 10.1. The van der Waals surface area contributed by atoms with Crippen molar-refractivity contribution in [1.29, 1.82) is 0 Å². The third-order valence-electron chi connectivity index (χ3n) is 4.54. The number of para-hydroxylation sites is 1. The van der Waals surface area contributed by atoms with Gasteiger partial charge in [0.25, 0.3) is 11.8 Å². The zero-order valence-electron chi connectivity index (χ0n) is 14.1. The van der Waals surface area contributed by atoms with Crippen LogP contribution >= 0.6 is 0 Å². The molecule has 1 aliphatic rings. The Bertz CT molecular complexity index is 981. The molecule has 0 radical (unpaired) electrons. The molecule has 0 saturated carbocycles. The van der Waals surface area contributed by atoms with Gasteiger partial charge >= 0.3 is 0 Å². The molecule has 6 nitrogen and oxygen atoms in total. The highest BCUT2D eigenvalue weighted by Gasteiger charge is 2.34. The SMILES string of the molecule is Nc1cnc2ccccc2c1NCCCN1C(=O)c2ccccc2C1=O. The van der Waals surface area contributed by atoms with Crippen molar-refractivity contribution in [2.24, 2.45) is 0 Å². The monoisotopic (exact) mass is 346 g/mol. The van der Waals surface area contributed by atoms with Crippen molar-refractivity contribution < 1.29 is 9.59 Å². The molecule has 26 heavy (non-hydrogen) atoms. The van der Waals surface area contributed by atoms with E-state index in [1.54, 1.807) is 30.5 Å². The van der Waals surface area contributed by atoms with E-state index < -0.39 is 0 Å². The van der Waals surface area contributed by atoms with Gasteiger partial charge in [-0.05, 0) is 24.6 Å². The maximum Gasteiger partial charge on any atom is 0.261 e. The molecule has 1 aliphatic heterocycles. The Kier molecular flexibility index (Phi) is 4.01. The minimum absolute atomic E-state index is 0.223. The molecule has 0 unspecified atom stereocenters. The summed E-state index contributed by atoms with van der Waals surface area (Å²) < 4.78 is 0. The number of nitrogens with one attached hydrogen (secondary N) is 1. The molecule has 0 aliphatic carbocycles. The number of nitrogens with zero attached hydrogens (tertiary/aromatic N) is 2. The number of pyridine rings is 1. The molecule has 3 N–H and O–H groups in total. The summed E-state index contributed by atoms with van der Waals surface area (Å²) in [5, 5.41) is 4.27. The van der Waals surface area contributed by atoms with E-state index in [-0.39, 0.29) is 11.8 Å². The van der Waals surface area contributed by atoms with Gasteiger partial charge in [-0.25, -0.2) is 0 Å². The van der Waals surface area contributed by atoms with E-state index in [0.717, 1.165) is 16.6 Å². The molecule has 130 valence electrons. The standard InChI is InChI=1S/C20H18N4O2/c21-16-12-23-17-9-4-3-8-15(17)18(16)22-10-5-11-24-19(25)13-6-1-2-7-14(13)20(24)26/h1-4,6-9,12H,5,10-11,21H2,(H,22,23). The van der Waals surface area contributed by atoms with E-state index in [1.807, 2.05) is 24.3 Å². The normalized spacial score (nSPS) is 13.3. The maximum atomic E-state index is 12.4. The average molecular weight is 346 g/mol.